The van der Waals surface area contributed by atoms with E-state index in [1.165, 1.54) is 6.20 Å². The lowest BCUT2D eigenvalue weighted by atomic mass is 10.2. The average Bonchev–Trinajstić information content (AvgIpc) is 2.33. The molecule has 0 amide bonds. The molecule has 2 rings (SSSR count). The van der Waals surface area contributed by atoms with Crippen LogP contribution in [-0.2, 0) is 0 Å². The van der Waals surface area contributed by atoms with E-state index in [1.54, 1.807) is 12.1 Å². The predicted octanol–water partition coefficient (Wildman–Crippen LogP) is 3.23. The maximum Gasteiger partial charge on any atom is 0.219 e. The van der Waals surface area contributed by atoms with E-state index in [-0.39, 0.29) is 5.84 Å². The van der Waals surface area contributed by atoms with E-state index in [0.717, 1.165) is 10.0 Å². The molecule has 1 aromatic carbocycles. The van der Waals surface area contributed by atoms with E-state index in [1.807, 2.05) is 25.1 Å². The summed E-state index contributed by atoms with van der Waals surface area (Å²) in [5.41, 5.74) is 7.07. The summed E-state index contributed by atoms with van der Waals surface area (Å²) in [4.78, 5) is 4.09. The number of halogens is 1. The highest BCUT2D eigenvalue weighted by Crippen LogP contribution is 2.29. The SMILES string of the molecule is Cc1ccc(Oc2ccc(C(=N)N)cn2)c(Br)c1. The minimum absolute atomic E-state index is 0.00873. The first kappa shape index (κ1) is 12.6. The molecule has 0 bridgehead atoms. The number of hydrogen-bond acceptors (Lipinski definition) is 3. The Kier molecular flexibility index (Phi) is 3.62. The molecule has 0 aliphatic carbocycles. The summed E-state index contributed by atoms with van der Waals surface area (Å²) in [6.07, 6.45) is 1.51. The summed E-state index contributed by atoms with van der Waals surface area (Å²) < 4.78 is 6.50. The molecule has 2 aromatic rings. The van der Waals surface area contributed by atoms with E-state index in [0.29, 0.717) is 17.2 Å². The van der Waals surface area contributed by atoms with E-state index < -0.39 is 0 Å². The van der Waals surface area contributed by atoms with Crippen LogP contribution in [0.25, 0.3) is 0 Å². The molecule has 92 valence electrons. The average molecular weight is 306 g/mol. The first-order valence-electron chi connectivity index (χ1n) is 5.31. The summed E-state index contributed by atoms with van der Waals surface area (Å²) in [5.74, 6) is 1.15. The minimum atomic E-state index is -0.00873. The number of nitrogen functional groups attached to an aromatic ring is 1. The first-order valence-corrected chi connectivity index (χ1v) is 6.10. The number of amidine groups is 1. The lowest BCUT2D eigenvalue weighted by Crippen LogP contribution is -2.11. The molecule has 0 atom stereocenters. The lowest BCUT2D eigenvalue weighted by molar-refractivity contribution is 0.460. The van der Waals surface area contributed by atoms with Crippen LogP contribution in [0.3, 0.4) is 0 Å². The number of nitrogens with two attached hydrogens (primary N) is 1. The Morgan fingerprint density at radius 2 is 2.11 bits per heavy atom. The zero-order chi connectivity index (χ0) is 13.1. The van der Waals surface area contributed by atoms with Crippen molar-refractivity contribution in [3.05, 3.63) is 52.1 Å². The van der Waals surface area contributed by atoms with Crippen LogP contribution in [0.4, 0.5) is 0 Å². The number of hydrogen-bond donors (Lipinski definition) is 2. The summed E-state index contributed by atoms with van der Waals surface area (Å²) in [6.45, 7) is 2.01. The van der Waals surface area contributed by atoms with Crippen LogP contribution in [0.5, 0.6) is 11.6 Å². The lowest BCUT2D eigenvalue weighted by Gasteiger charge is -2.07. The van der Waals surface area contributed by atoms with Gasteiger partial charge in [0.25, 0.3) is 0 Å². The van der Waals surface area contributed by atoms with Gasteiger partial charge < -0.3 is 10.5 Å². The molecule has 1 heterocycles. The molecule has 1 aromatic heterocycles. The summed E-state index contributed by atoms with van der Waals surface area (Å²) in [7, 11) is 0. The quantitative estimate of drug-likeness (QED) is 0.675. The predicted molar refractivity (Wildman–Crippen MR) is 74.2 cm³/mol. The van der Waals surface area contributed by atoms with Crippen LogP contribution < -0.4 is 10.5 Å². The van der Waals surface area contributed by atoms with Crippen molar-refractivity contribution in [3.63, 3.8) is 0 Å². The van der Waals surface area contributed by atoms with E-state index in [9.17, 15) is 0 Å². The van der Waals surface area contributed by atoms with Crippen LogP contribution in [0, 0.1) is 12.3 Å². The largest absolute Gasteiger partial charge is 0.438 e. The Morgan fingerprint density at radius 3 is 2.67 bits per heavy atom. The molecule has 0 radical (unpaired) electrons. The van der Waals surface area contributed by atoms with Gasteiger partial charge in [0.05, 0.1) is 4.47 Å². The van der Waals surface area contributed by atoms with E-state index in [2.05, 4.69) is 20.9 Å². The zero-order valence-corrected chi connectivity index (χ0v) is 11.4. The molecule has 4 nitrogen and oxygen atoms in total. The van der Waals surface area contributed by atoms with Gasteiger partial charge in [-0.1, -0.05) is 6.07 Å². The number of nitrogens with zero attached hydrogens (tertiary/aromatic N) is 1. The van der Waals surface area contributed by atoms with Gasteiger partial charge in [-0.2, -0.15) is 0 Å². The summed E-state index contributed by atoms with van der Waals surface area (Å²) in [5, 5.41) is 7.27. The fourth-order valence-corrected chi connectivity index (χ4v) is 1.98. The van der Waals surface area contributed by atoms with Crippen molar-refractivity contribution in [1.82, 2.24) is 4.98 Å². The molecule has 0 aliphatic rings. The van der Waals surface area contributed by atoms with Crippen molar-refractivity contribution >= 4 is 21.8 Å². The number of benzene rings is 1. The van der Waals surface area contributed by atoms with Crippen molar-refractivity contribution < 1.29 is 4.74 Å². The van der Waals surface area contributed by atoms with Crippen LogP contribution in [0.2, 0.25) is 0 Å². The Balaban J connectivity index is 2.21. The highest BCUT2D eigenvalue weighted by molar-refractivity contribution is 9.10. The van der Waals surface area contributed by atoms with Gasteiger partial charge in [0.2, 0.25) is 5.88 Å². The number of nitrogens with one attached hydrogen (secondary N) is 1. The molecule has 0 fully saturated rings. The fraction of sp³-hybridized carbons (Fsp3) is 0.0769. The number of rotatable bonds is 3. The van der Waals surface area contributed by atoms with Gasteiger partial charge in [0, 0.05) is 17.8 Å². The third-order valence-corrected chi connectivity index (χ3v) is 2.97. The zero-order valence-electron chi connectivity index (χ0n) is 9.77. The van der Waals surface area contributed by atoms with Crippen molar-refractivity contribution in [2.75, 3.05) is 0 Å². The smallest absolute Gasteiger partial charge is 0.219 e. The topological polar surface area (TPSA) is 72.0 Å². The second-order valence-electron chi connectivity index (χ2n) is 3.83. The molecule has 0 aliphatic heterocycles. The molecule has 5 heteroatoms. The van der Waals surface area contributed by atoms with Crippen molar-refractivity contribution in [2.45, 2.75) is 6.92 Å². The van der Waals surface area contributed by atoms with Gasteiger partial charge in [-0.3, -0.25) is 5.41 Å². The Hall–Kier alpha value is -1.88. The summed E-state index contributed by atoms with van der Waals surface area (Å²) >= 11 is 3.44. The number of ether oxygens (including phenoxy) is 1. The van der Waals surface area contributed by atoms with Crippen molar-refractivity contribution in [1.29, 1.82) is 5.41 Å². The molecular weight excluding hydrogens is 294 g/mol. The maximum absolute atomic E-state index is 7.27. The van der Waals surface area contributed by atoms with Gasteiger partial charge in [-0.15, -0.1) is 0 Å². The molecule has 0 spiro atoms. The van der Waals surface area contributed by atoms with Crippen LogP contribution in [0.15, 0.2) is 41.0 Å². The molecule has 3 N–H and O–H groups in total. The number of pyridine rings is 1. The van der Waals surface area contributed by atoms with Gasteiger partial charge in [-0.05, 0) is 46.6 Å². The van der Waals surface area contributed by atoms with Crippen LogP contribution >= 0.6 is 15.9 Å². The Bertz CT molecular complexity index is 581. The van der Waals surface area contributed by atoms with Crippen molar-refractivity contribution in [3.8, 4) is 11.6 Å². The molecular formula is C13H12BrN3O. The first-order chi connectivity index (χ1) is 8.56. The molecule has 0 saturated heterocycles. The molecule has 0 unspecified atom stereocenters. The maximum atomic E-state index is 7.27. The van der Waals surface area contributed by atoms with Gasteiger partial charge in [0.15, 0.2) is 0 Å². The highest BCUT2D eigenvalue weighted by Gasteiger charge is 2.04. The second-order valence-corrected chi connectivity index (χ2v) is 4.69. The number of aromatic nitrogens is 1. The standard InChI is InChI=1S/C13H12BrN3O/c1-8-2-4-11(10(14)6-8)18-12-5-3-9(7-17-12)13(15)16/h2-7H,1H3,(H3,15,16). The third-order valence-electron chi connectivity index (χ3n) is 2.35. The van der Waals surface area contributed by atoms with Crippen LogP contribution in [0.1, 0.15) is 11.1 Å². The minimum Gasteiger partial charge on any atom is -0.438 e. The molecule has 18 heavy (non-hydrogen) atoms. The molecule has 0 saturated carbocycles. The van der Waals surface area contributed by atoms with E-state index >= 15 is 0 Å². The Labute approximate surface area is 113 Å². The summed E-state index contributed by atoms with van der Waals surface area (Å²) in [6, 6.07) is 9.19. The van der Waals surface area contributed by atoms with Gasteiger partial charge in [-0.25, -0.2) is 4.98 Å². The van der Waals surface area contributed by atoms with Gasteiger partial charge >= 0.3 is 0 Å². The number of aryl methyl sites for hydroxylation is 1. The Morgan fingerprint density at radius 1 is 1.33 bits per heavy atom. The second kappa shape index (κ2) is 5.18. The fourth-order valence-electron chi connectivity index (χ4n) is 1.40. The van der Waals surface area contributed by atoms with E-state index in [4.69, 9.17) is 15.9 Å². The highest BCUT2D eigenvalue weighted by atomic mass is 79.9. The normalized spacial score (nSPS) is 10.1. The monoisotopic (exact) mass is 305 g/mol. The van der Waals surface area contributed by atoms with Crippen molar-refractivity contribution in [2.24, 2.45) is 5.73 Å². The third kappa shape index (κ3) is 2.87. The van der Waals surface area contributed by atoms with Crippen LogP contribution in [-0.4, -0.2) is 10.8 Å². The van der Waals surface area contributed by atoms with Gasteiger partial charge in [0.1, 0.15) is 11.6 Å².